The standard InChI is InChI=1S/C16H24N2O2S/c1-3-9-17-12-14-13-18(10-11-21(19,20)4-2)16-8-6-5-7-15(14)16/h5-8,13,17H,3-4,9-12H2,1-2H3. The zero-order valence-corrected chi connectivity index (χ0v) is 13.6. The van der Waals surface area contributed by atoms with Gasteiger partial charge in [-0.05, 0) is 24.6 Å². The summed E-state index contributed by atoms with van der Waals surface area (Å²) in [6, 6.07) is 8.18. The highest BCUT2D eigenvalue weighted by Gasteiger charge is 2.11. The maximum atomic E-state index is 11.7. The second kappa shape index (κ2) is 7.09. The van der Waals surface area contributed by atoms with Crippen molar-refractivity contribution < 1.29 is 8.42 Å². The Balaban J connectivity index is 2.23. The van der Waals surface area contributed by atoms with Gasteiger partial charge in [0, 0.05) is 35.9 Å². The molecule has 0 saturated heterocycles. The molecule has 0 spiro atoms. The fraction of sp³-hybridized carbons (Fsp3) is 0.500. The van der Waals surface area contributed by atoms with Crippen LogP contribution in [0.25, 0.3) is 10.9 Å². The molecule has 4 nitrogen and oxygen atoms in total. The highest BCUT2D eigenvalue weighted by Crippen LogP contribution is 2.21. The summed E-state index contributed by atoms with van der Waals surface area (Å²) >= 11 is 0. The average Bonchev–Trinajstić information content (AvgIpc) is 2.84. The largest absolute Gasteiger partial charge is 0.346 e. The van der Waals surface area contributed by atoms with Crippen LogP contribution in [0.15, 0.2) is 30.5 Å². The first-order valence-electron chi connectivity index (χ1n) is 7.55. The lowest BCUT2D eigenvalue weighted by Crippen LogP contribution is -2.15. The van der Waals surface area contributed by atoms with Gasteiger partial charge in [-0.3, -0.25) is 0 Å². The van der Waals surface area contributed by atoms with Crippen molar-refractivity contribution in [1.29, 1.82) is 0 Å². The van der Waals surface area contributed by atoms with Gasteiger partial charge in [-0.25, -0.2) is 8.42 Å². The summed E-state index contributed by atoms with van der Waals surface area (Å²) in [5, 5.41) is 4.61. The summed E-state index contributed by atoms with van der Waals surface area (Å²) in [6.45, 7) is 6.17. The molecular formula is C16H24N2O2S. The van der Waals surface area contributed by atoms with Crippen molar-refractivity contribution in [3.05, 3.63) is 36.0 Å². The molecule has 0 saturated carbocycles. The Bertz CT molecular complexity index is 689. The number of benzene rings is 1. The SMILES string of the molecule is CCCNCc1cn(CCS(=O)(=O)CC)c2ccccc12. The van der Waals surface area contributed by atoms with Gasteiger partial charge in [0.2, 0.25) is 0 Å². The zero-order chi connectivity index (χ0) is 15.3. The first-order chi connectivity index (χ1) is 10.1. The average molecular weight is 308 g/mol. The van der Waals surface area contributed by atoms with Gasteiger partial charge >= 0.3 is 0 Å². The number of rotatable bonds is 8. The van der Waals surface area contributed by atoms with Crippen LogP contribution in [0, 0.1) is 0 Å². The maximum absolute atomic E-state index is 11.7. The smallest absolute Gasteiger partial charge is 0.151 e. The molecule has 0 radical (unpaired) electrons. The molecule has 0 atom stereocenters. The molecule has 0 fully saturated rings. The highest BCUT2D eigenvalue weighted by molar-refractivity contribution is 7.91. The van der Waals surface area contributed by atoms with Crippen molar-refractivity contribution in [3.63, 3.8) is 0 Å². The zero-order valence-electron chi connectivity index (χ0n) is 12.8. The lowest BCUT2D eigenvalue weighted by molar-refractivity contribution is 0.591. The van der Waals surface area contributed by atoms with Crippen LogP contribution in [0.2, 0.25) is 0 Å². The minimum Gasteiger partial charge on any atom is -0.346 e. The minimum atomic E-state index is -2.93. The van der Waals surface area contributed by atoms with E-state index in [1.807, 2.05) is 12.1 Å². The van der Waals surface area contributed by atoms with Gasteiger partial charge in [0.15, 0.2) is 9.84 Å². The van der Waals surface area contributed by atoms with Gasteiger partial charge in [-0.15, -0.1) is 0 Å². The summed E-state index contributed by atoms with van der Waals surface area (Å²) < 4.78 is 25.5. The lowest BCUT2D eigenvalue weighted by atomic mass is 10.2. The van der Waals surface area contributed by atoms with E-state index in [0.717, 1.165) is 25.0 Å². The molecule has 21 heavy (non-hydrogen) atoms. The molecule has 116 valence electrons. The monoisotopic (exact) mass is 308 g/mol. The third kappa shape index (κ3) is 4.08. The molecule has 0 aliphatic carbocycles. The van der Waals surface area contributed by atoms with Gasteiger partial charge in [0.05, 0.1) is 5.75 Å². The Morgan fingerprint density at radius 1 is 1.19 bits per heavy atom. The molecule has 2 rings (SSSR count). The number of aromatic nitrogens is 1. The normalized spacial score (nSPS) is 12.1. The Labute approximate surface area is 127 Å². The predicted molar refractivity (Wildman–Crippen MR) is 88.3 cm³/mol. The first kappa shape index (κ1) is 16.0. The van der Waals surface area contributed by atoms with Crippen molar-refractivity contribution in [2.45, 2.75) is 33.4 Å². The number of hydrogen-bond donors (Lipinski definition) is 1. The predicted octanol–water partition coefficient (Wildman–Crippen LogP) is 2.58. The third-order valence-corrected chi connectivity index (χ3v) is 5.38. The van der Waals surface area contributed by atoms with E-state index < -0.39 is 9.84 Å². The summed E-state index contributed by atoms with van der Waals surface area (Å²) in [5.74, 6) is 0.404. The Morgan fingerprint density at radius 2 is 1.95 bits per heavy atom. The van der Waals surface area contributed by atoms with E-state index in [-0.39, 0.29) is 11.5 Å². The van der Waals surface area contributed by atoms with Crippen LogP contribution in [-0.4, -0.2) is 31.0 Å². The number of hydrogen-bond acceptors (Lipinski definition) is 3. The third-order valence-electron chi connectivity index (χ3n) is 3.70. The van der Waals surface area contributed by atoms with Gasteiger partial charge in [0.1, 0.15) is 0 Å². The molecular weight excluding hydrogens is 284 g/mol. The van der Waals surface area contributed by atoms with Crippen molar-refractivity contribution >= 4 is 20.7 Å². The van der Waals surface area contributed by atoms with Gasteiger partial charge in [-0.1, -0.05) is 32.0 Å². The Hall–Kier alpha value is -1.33. The first-order valence-corrected chi connectivity index (χ1v) is 9.37. The fourth-order valence-electron chi connectivity index (χ4n) is 2.43. The van der Waals surface area contributed by atoms with Crippen LogP contribution >= 0.6 is 0 Å². The van der Waals surface area contributed by atoms with E-state index in [4.69, 9.17) is 0 Å². The summed E-state index contributed by atoms with van der Waals surface area (Å²) in [4.78, 5) is 0. The second-order valence-corrected chi connectivity index (χ2v) is 7.75. The molecule has 1 N–H and O–H groups in total. The molecule has 0 aliphatic heterocycles. The Morgan fingerprint density at radius 3 is 2.67 bits per heavy atom. The van der Waals surface area contributed by atoms with Crippen LogP contribution < -0.4 is 5.32 Å². The molecule has 1 aromatic heterocycles. The van der Waals surface area contributed by atoms with Crippen molar-refractivity contribution in [2.24, 2.45) is 0 Å². The Kier molecular flexibility index (Phi) is 5.42. The van der Waals surface area contributed by atoms with Crippen molar-refractivity contribution in [1.82, 2.24) is 9.88 Å². The maximum Gasteiger partial charge on any atom is 0.151 e. The molecule has 1 heterocycles. The molecule has 0 unspecified atom stereocenters. The van der Waals surface area contributed by atoms with Crippen LogP contribution in [0.4, 0.5) is 0 Å². The number of sulfone groups is 1. The lowest BCUT2D eigenvalue weighted by Gasteiger charge is -2.05. The summed E-state index contributed by atoms with van der Waals surface area (Å²) in [6.07, 6.45) is 3.19. The fourth-order valence-corrected chi connectivity index (χ4v) is 3.19. The minimum absolute atomic E-state index is 0.198. The van der Waals surface area contributed by atoms with Crippen LogP contribution in [-0.2, 0) is 22.9 Å². The number of fused-ring (bicyclic) bond motifs is 1. The second-order valence-electron chi connectivity index (χ2n) is 5.28. The molecule has 2 aromatic rings. The van der Waals surface area contributed by atoms with E-state index >= 15 is 0 Å². The highest BCUT2D eigenvalue weighted by atomic mass is 32.2. The summed E-state index contributed by atoms with van der Waals surface area (Å²) in [7, 11) is -2.93. The number of aryl methyl sites for hydroxylation is 1. The van der Waals surface area contributed by atoms with Crippen LogP contribution in [0.5, 0.6) is 0 Å². The van der Waals surface area contributed by atoms with Crippen LogP contribution in [0.1, 0.15) is 25.8 Å². The topological polar surface area (TPSA) is 51.1 Å². The van der Waals surface area contributed by atoms with Crippen molar-refractivity contribution in [2.75, 3.05) is 18.1 Å². The van der Waals surface area contributed by atoms with E-state index in [2.05, 4.69) is 35.1 Å². The molecule has 0 amide bonds. The molecule has 0 aliphatic rings. The van der Waals surface area contributed by atoms with E-state index in [9.17, 15) is 8.42 Å². The van der Waals surface area contributed by atoms with E-state index in [0.29, 0.717) is 6.54 Å². The van der Waals surface area contributed by atoms with Gasteiger partial charge in [0.25, 0.3) is 0 Å². The number of nitrogens with one attached hydrogen (secondary N) is 1. The molecule has 5 heteroatoms. The van der Waals surface area contributed by atoms with Gasteiger partial charge in [-0.2, -0.15) is 0 Å². The van der Waals surface area contributed by atoms with E-state index in [1.165, 1.54) is 10.9 Å². The number of para-hydroxylation sites is 1. The van der Waals surface area contributed by atoms with Crippen molar-refractivity contribution in [3.8, 4) is 0 Å². The van der Waals surface area contributed by atoms with Crippen LogP contribution in [0.3, 0.4) is 0 Å². The quantitative estimate of drug-likeness (QED) is 0.763. The van der Waals surface area contributed by atoms with E-state index in [1.54, 1.807) is 6.92 Å². The summed E-state index contributed by atoms with van der Waals surface area (Å²) in [5.41, 5.74) is 2.34. The number of nitrogens with zero attached hydrogens (tertiary/aromatic N) is 1. The molecule has 1 aromatic carbocycles. The molecule has 0 bridgehead atoms. The van der Waals surface area contributed by atoms with Gasteiger partial charge < -0.3 is 9.88 Å².